The van der Waals surface area contributed by atoms with Crippen LogP contribution in [-0.2, 0) is 29.3 Å². The van der Waals surface area contributed by atoms with E-state index in [9.17, 15) is 9.59 Å². The second-order valence-corrected chi connectivity index (χ2v) is 14.4. The van der Waals surface area contributed by atoms with Gasteiger partial charge in [-0.3, -0.25) is 19.7 Å². The lowest BCUT2D eigenvalue weighted by atomic mass is 9.86. The lowest BCUT2D eigenvalue weighted by Crippen LogP contribution is -2.46. The summed E-state index contributed by atoms with van der Waals surface area (Å²) in [5, 5.41) is 14.6. The zero-order valence-electron chi connectivity index (χ0n) is 33.7. The number of unbranched alkanes of at least 4 members (excludes halogenated alkanes) is 3. The molecule has 1 atom stereocenters. The number of aromatic nitrogens is 4. The van der Waals surface area contributed by atoms with E-state index in [1.165, 1.54) is 7.11 Å². The van der Waals surface area contributed by atoms with Crippen LogP contribution in [0.1, 0.15) is 86.1 Å². The number of nitrogens with zero attached hydrogens (tertiary/aromatic N) is 4. The average molecular weight is 786 g/mol. The SMILES string of the molecule is COC(=O)CCCOCCOCCOCCCCCCOc1ccc(C(C)NC(=O)c2cccc(NC3(c4nc(-c5ccncc5)n[nH]4)CCN(C)CC3)c2)cc1. The Morgan fingerprint density at radius 3 is 2.21 bits per heavy atom. The van der Waals surface area contributed by atoms with Crippen LogP contribution in [0.3, 0.4) is 0 Å². The average Bonchev–Trinajstić information content (AvgIpc) is 3.75. The van der Waals surface area contributed by atoms with E-state index in [-0.39, 0.29) is 17.9 Å². The third-order valence-corrected chi connectivity index (χ3v) is 10.0. The third-order valence-electron chi connectivity index (χ3n) is 10.0. The van der Waals surface area contributed by atoms with Gasteiger partial charge in [-0.05, 0) is 101 Å². The number of aromatic amines is 1. The maximum Gasteiger partial charge on any atom is 0.305 e. The second kappa shape index (κ2) is 23.4. The Balaban J connectivity index is 0.972. The molecule has 57 heavy (non-hydrogen) atoms. The molecule has 5 rings (SSSR count). The van der Waals surface area contributed by atoms with Gasteiger partial charge in [0.2, 0.25) is 0 Å². The van der Waals surface area contributed by atoms with E-state index in [1.807, 2.05) is 67.6 Å². The van der Waals surface area contributed by atoms with Crippen LogP contribution in [0, 0.1) is 0 Å². The van der Waals surface area contributed by atoms with Gasteiger partial charge in [-0.1, -0.05) is 24.6 Å². The van der Waals surface area contributed by atoms with Crippen LogP contribution in [0.2, 0.25) is 0 Å². The molecule has 0 spiro atoms. The van der Waals surface area contributed by atoms with E-state index in [0.29, 0.717) is 70.5 Å². The minimum atomic E-state index is -0.462. The molecule has 1 amide bonds. The van der Waals surface area contributed by atoms with E-state index < -0.39 is 5.54 Å². The number of methoxy groups -OCH3 is 1. The Hall–Kier alpha value is -4.89. The van der Waals surface area contributed by atoms with Gasteiger partial charge in [0.1, 0.15) is 5.75 Å². The number of hydrogen-bond acceptors (Lipinski definition) is 12. The van der Waals surface area contributed by atoms with Crippen LogP contribution in [0.25, 0.3) is 11.4 Å². The van der Waals surface area contributed by atoms with Gasteiger partial charge in [0.05, 0.1) is 51.7 Å². The predicted molar refractivity (Wildman–Crippen MR) is 218 cm³/mol. The number of nitrogens with one attached hydrogen (secondary N) is 3. The summed E-state index contributed by atoms with van der Waals surface area (Å²) in [5.74, 6) is 1.87. The molecule has 4 aromatic rings. The number of hydrogen-bond donors (Lipinski definition) is 3. The van der Waals surface area contributed by atoms with Crippen molar-refractivity contribution in [1.29, 1.82) is 0 Å². The van der Waals surface area contributed by atoms with Crippen LogP contribution < -0.4 is 15.4 Å². The number of anilines is 1. The van der Waals surface area contributed by atoms with Crippen molar-refractivity contribution in [2.24, 2.45) is 0 Å². The molecule has 2 aromatic carbocycles. The van der Waals surface area contributed by atoms with E-state index >= 15 is 0 Å². The molecule has 308 valence electrons. The Morgan fingerprint density at radius 1 is 0.842 bits per heavy atom. The molecule has 1 aliphatic rings. The van der Waals surface area contributed by atoms with Crippen molar-refractivity contribution in [2.75, 3.05) is 78.8 Å². The number of amides is 1. The summed E-state index contributed by atoms with van der Waals surface area (Å²) in [6.45, 7) is 7.78. The number of H-pyrrole nitrogens is 1. The van der Waals surface area contributed by atoms with Crippen molar-refractivity contribution in [1.82, 2.24) is 30.4 Å². The van der Waals surface area contributed by atoms with Crippen molar-refractivity contribution < 1.29 is 33.3 Å². The molecule has 0 radical (unpaired) electrons. The zero-order valence-corrected chi connectivity index (χ0v) is 33.7. The summed E-state index contributed by atoms with van der Waals surface area (Å²) < 4.78 is 27.2. The largest absolute Gasteiger partial charge is 0.494 e. The van der Waals surface area contributed by atoms with Crippen molar-refractivity contribution in [3.05, 3.63) is 90.0 Å². The first kappa shape index (κ1) is 43.2. The second-order valence-electron chi connectivity index (χ2n) is 14.4. The smallest absolute Gasteiger partial charge is 0.305 e. The van der Waals surface area contributed by atoms with E-state index in [2.05, 4.69) is 42.5 Å². The van der Waals surface area contributed by atoms with Crippen LogP contribution >= 0.6 is 0 Å². The molecule has 1 aliphatic heterocycles. The highest BCUT2D eigenvalue weighted by Gasteiger charge is 2.39. The summed E-state index contributed by atoms with van der Waals surface area (Å²) in [4.78, 5) is 35.8. The summed E-state index contributed by atoms with van der Waals surface area (Å²) in [7, 11) is 3.51. The molecule has 14 heteroatoms. The Kier molecular flexibility index (Phi) is 17.7. The van der Waals surface area contributed by atoms with Gasteiger partial charge in [-0.25, -0.2) is 4.98 Å². The number of pyridine rings is 1. The number of carbonyl (C=O) groups excluding carboxylic acids is 2. The van der Waals surface area contributed by atoms with Gasteiger partial charge in [0.15, 0.2) is 11.6 Å². The first-order valence-electron chi connectivity index (χ1n) is 20.1. The van der Waals surface area contributed by atoms with Gasteiger partial charge < -0.3 is 39.2 Å². The normalized spacial score (nSPS) is 14.5. The molecule has 1 fully saturated rings. The van der Waals surface area contributed by atoms with E-state index in [4.69, 9.17) is 23.9 Å². The molecule has 3 N–H and O–H groups in total. The van der Waals surface area contributed by atoms with E-state index in [1.54, 1.807) is 12.4 Å². The molecule has 0 bridgehead atoms. The quantitative estimate of drug-likeness (QED) is 0.0507. The summed E-state index contributed by atoms with van der Waals surface area (Å²) in [6, 6.07) is 19.2. The fourth-order valence-electron chi connectivity index (χ4n) is 6.57. The molecule has 3 heterocycles. The highest BCUT2D eigenvalue weighted by atomic mass is 16.5. The van der Waals surface area contributed by atoms with Crippen LogP contribution in [0.15, 0.2) is 73.1 Å². The number of ether oxygens (including phenoxy) is 5. The Bertz CT molecular complexity index is 1760. The Morgan fingerprint density at radius 2 is 1.51 bits per heavy atom. The highest BCUT2D eigenvalue weighted by molar-refractivity contribution is 5.95. The number of carbonyl (C=O) groups is 2. The lowest BCUT2D eigenvalue weighted by molar-refractivity contribution is -0.141. The first-order chi connectivity index (χ1) is 27.8. The van der Waals surface area contributed by atoms with Crippen LogP contribution in [-0.4, -0.2) is 110 Å². The number of piperidine rings is 1. The fraction of sp³-hybridized carbons (Fsp3) is 0.512. The van der Waals surface area contributed by atoms with Crippen molar-refractivity contribution in [3.8, 4) is 17.1 Å². The van der Waals surface area contributed by atoms with Crippen molar-refractivity contribution >= 4 is 17.6 Å². The Labute approximate surface area is 336 Å². The number of rotatable bonds is 25. The van der Waals surface area contributed by atoms with Gasteiger partial charge in [-0.15, -0.1) is 0 Å². The molecule has 14 nitrogen and oxygen atoms in total. The number of likely N-dealkylation sites (tertiary alicyclic amines) is 1. The van der Waals surface area contributed by atoms with Gasteiger partial charge in [0, 0.05) is 61.9 Å². The highest BCUT2D eigenvalue weighted by Crippen LogP contribution is 2.35. The molecule has 1 unspecified atom stereocenters. The predicted octanol–water partition coefficient (Wildman–Crippen LogP) is 6.33. The molecular weight excluding hydrogens is 727 g/mol. The zero-order chi connectivity index (χ0) is 40.1. The summed E-state index contributed by atoms with van der Waals surface area (Å²) in [6.07, 6.45) is 10.3. The van der Waals surface area contributed by atoms with Gasteiger partial charge in [0.25, 0.3) is 5.91 Å². The van der Waals surface area contributed by atoms with Gasteiger partial charge >= 0.3 is 5.97 Å². The maximum absolute atomic E-state index is 13.5. The minimum Gasteiger partial charge on any atom is -0.494 e. The molecule has 0 aliphatic carbocycles. The lowest BCUT2D eigenvalue weighted by Gasteiger charge is -2.40. The topological polar surface area (TPSA) is 162 Å². The summed E-state index contributed by atoms with van der Waals surface area (Å²) >= 11 is 0. The fourth-order valence-corrected chi connectivity index (χ4v) is 6.57. The van der Waals surface area contributed by atoms with Crippen molar-refractivity contribution in [3.63, 3.8) is 0 Å². The van der Waals surface area contributed by atoms with E-state index in [0.717, 1.165) is 80.0 Å². The van der Waals surface area contributed by atoms with Gasteiger partial charge in [-0.2, -0.15) is 5.10 Å². The maximum atomic E-state index is 13.5. The summed E-state index contributed by atoms with van der Waals surface area (Å²) in [5.41, 5.74) is 2.87. The van der Waals surface area contributed by atoms with Crippen molar-refractivity contribution in [2.45, 2.75) is 69.9 Å². The first-order valence-corrected chi connectivity index (χ1v) is 20.1. The number of benzene rings is 2. The van der Waals surface area contributed by atoms with Crippen LogP contribution in [0.5, 0.6) is 5.75 Å². The monoisotopic (exact) mass is 785 g/mol. The molecule has 0 saturated carbocycles. The van der Waals surface area contributed by atoms with Crippen LogP contribution in [0.4, 0.5) is 5.69 Å². The minimum absolute atomic E-state index is 0.144. The number of esters is 1. The molecule has 1 saturated heterocycles. The molecular formula is C43H59N7O7. The third kappa shape index (κ3) is 14.2. The molecule has 2 aromatic heterocycles. The standard InChI is InChI=1S/C43H59N7O7/c1-33(34-13-15-38(16-14-34)57-27-7-5-4-6-25-54-28-30-56-31-29-55-26-9-12-39(51)53-3)45-41(52)36-10-8-11-37(32-36)47-43(19-23-50(2)24-20-43)42-46-40(48-49-42)35-17-21-44-22-18-35/h8,10-11,13-18,21-22,32-33,47H,4-7,9,12,19-20,23-31H2,1-3H3,(H,45,52)(H,46,48,49).